The van der Waals surface area contributed by atoms with Gasteiger partial charge >= 0.3 is 0 Å². The fraction of sp³-hybridized carbons (Fsp3) is 0.386. The number of unbranched alkanes of at least 4 members (excludes halogenated alkanes) is 2. The maximum absolute atomic E-state index is 13.1. The lowest BCUT2D eigenvalue weighted by Crippen LogP contribution is -2.52. The van der Waals surface area contributed by atoms with E-state index in [0.29, 0.717) is 25.1 Å². The highest BCUT2D eigenvalue weighted by Gasteiger charge is 2.40. The second kappa shape index (κ2) is 15.6. The topological polar surface area (TPSA) is 112 Å². The van der Waals surface area contributed by atoms with Crippen LogP contribution in [0.3, 0.4) is 0 Å². The van der Waals surface area contributed by atoms with E-state index in [2.05, 4.69) is 76.6 Å². The van der Waals surface area contributed by atoms with Crippen molar-refractivity contribution >= 4 is 23.4 Å². The molecule has 0 aromatic heterocycles. The number of imide groups is 1. The Morgan fingerprint density at radius 3 is 2.43 bits per heavy atom. The zero-order chi connectivity index (χ0) is 37.2. The number of hydrogen-bond donors (Lipinski definition) is 2. The lowest BCUT2D eigenvalue weighted by atomic mass is 9.73. The molecule has 4 atom stereocenters. The lowest BCUT2D eigenvalue weighted by molar-refractivity contribution is -0.136. The SMILES string of the molecule is CC1Oc2cc(O)ccc2C(c2ccc(OCCCCCN3CCN(c4ccc5c(c4)CN(C4CCC(=O)NC4=O)C5=O)CC3)cc2)C1c1ccccc1. The Hall–Kier alpha value is -5.35. The van der Waals surface area contributed by atoms with E-state index in [4.69, 9.17) is 9.47 Å². The zero-order valence-electron chi connectivity index (χ0n) is 30.8. The van der Waals surface area contributed by atoms with Gasteiger partial charge in [-0.05, 0) is 92.2 Å². The van der Waals surface area contributed by atoms with Gasteiger partial charge in [-0.15, -0.1) is 0 Å². The number of hydrogen-bond acceptors (Lipinski definition) is 8. The maximum atomic E-state index is 13.1. The van der Waals surface area contributed by atoms with Gasteiger partial charge in [0.25, 0.3) is 5.91 Å². The second-order valence-corrected chi connectivity index (χ2v) is 15.0. The number of benzene rings is 4. The Balaban J connectivity index is 0.782. The number of ether oxygens (including phenoxy) is 2. The molecule has 2 saturated heterocycles. The molecule has 8 rings (SSSR count). The fourth-order valence-electron chi connectivity index (χ4n) is 8.71. The second-order valence-electron chi connectivity index (χ2n) is 15.0. The molecule has 0 saturated carbocycles. The molecule has 280 valence electrons. The minimum absolute atomic E-state index is 0.0640. The van der Waals surface area contributed by atoms with Crippen LogP contribution in [0.4, 0.5) is 5.69 Å². The van der Waals surface area contributed by atoms with Crippen LogP contribution in [0.2, 0.25) is 0 Å². The van der Waals surface area contributed by atoms with E-state index in [1.807, 2.05) is 24.3 Å². The van der Waals surface area contributed by atoms with Crippen LogP contribution in [-0.4, -0.2) is 84.1 Å². The van der Waals surface area contributed by atoms with Crippen LogP contribution in [-0.2, 0) is 16.1 Å². The first-order valence-electron chi connectivity index (χ1n) is 19.3. The van der Waals surface area contributed by atoms with Crippen LogP contribution in [0.5, 0.6) is 17.2 Å². The number of nitrogens with one attached hydrogen (secondary N) is 1. The predicted octanol–water partition coefficient (Wildman–Crippen LogP) is 6.22. The summed E-state index contributed by atoms with van der Waals surface area (Å²) in [6.45, 7) is 8.08. The molecule has 0 radical (unpaired) electrons. The van der Waals surface area contributed by atoms with Crippen molar-refractivity contribution in [1.82, 2.24) is 15.1 Å². The Morgan fingerprint density at radius 1 is 0.852 bits per heavy atom. The summed E-state index contributed by atoms with van der Waals surface area (Å²) < 4.78 is 12.5. The molecule has 2 N–H and O–H groups in total. The number of phenolic OH excluding ortho intramolecular Hbond substituents is 1. The van der Waals surface area contributed by atoms with Crippen molar-refractivity contribution < 1.29 is 29.0 Å². The monoisotopic (exact) mass is 728 g/mol. The Bertz CT molecular complexity index is 1990. The number of fused-ring (bicyclic) bond motifs is 2. The summed E-state index contributed by atoms with van der Waals surface area (Å²) in [5.74, 6) is 1.24. The standard InChI is InChI=1S/C44H48N4O6/c1-29-41(30-8-4-2-5-9-30)42(37-17-13-34(49)27-39(37)54-29)31-10-14-35(15-11-31)53-25-7-3-6-20-46-21-23-47(24-22-46)33-12-16-36-32(26-33)28-48(44(36)52)38-18-19-40(50)45-43(38)51/h2,4-5,8-17,26-27,29,38,41-42,49H,3,6-7,18-25,28H2,1H3,(H,45,50,51). The smallest absolute Gasteiger partial charge is 0.255 e. The Labute approximate surface area is 316 Å². The Morgan fingerprint density at radius 2 is 1.65 bits per heavy atom. The minimum Gasteiger partial charge on any atom is -0.508 e. The molecule has 4 heterocycles. The number of phenols is 1. The van der Waals surface area contributed by atoms with Crippen LogP contribution in [0.25, 0.3) is 0 Å². The first-order chi connectivity index (χ1) is 26.3. The lowest BCUT2D eigenvalue weighted by Gasteiger charge is -2.39. The van der Waals surface area contributed by atoms with Crippen LogP contribution in [0.1, 0.15) is 83.5 Å². The van der Waals surface area contributed by atoms with Crippen LogP contribution in [0, 0.1) is 0 Å². The highest BCUT2D eigenvalue weighted by atomic mass is 16.5. The van der Waals surface area contributed by atoms with Crippen molar-refractivity contribution in [1.29, 1.82) is 0 Å². The van der Waals surface area contributed by atoms with Gasteiger partial charge in [0.2, 0.25) is 11.8 Å². The van der Waals surface area contributed by atoms with E-state index in [-0.39, 0.29) is 47.8 Å². The summed E-state index contributed by atoms with van der Waals surface area (Å²) in [5, 5.41) is 12.5. The van der Waals surface area contributed by atoms with Gasteiger partial charge in [-0.3, -0.25) is 24.6 Å². The highest BCUT2D eigenvalue weighted by molar-refractivity contribution is 6.05. The third kappa shape index (κ3) is 7.40. The van der Waals surface area contributed by atoms with E-state index in [1.54, 1.807) is 17.0 Å². The van der Waals surface area contributed by atoms with Crippen LogP contribution >= 0.6 is 0 Å². The molecule has 4 unspecified atom stereocenters. The van der Waals surface area contributed by atoms with Crippen molar-refractivity contribution in [2.24, 2.45) is 0 Å². The third-order valence-electron chi connectivity index (χ3n) is 11.6. The van der Waals surface area contributed by atoms with Gasteiger partial charge in [0.05, 0.1) is 6.61 Å². The molecule has 10 heteroatoms. The van der Waals surface area contributed by atoms with E-state index >= 15 is 0 Å². The first-order valence-corrected chi connectivity index (χ1v) is 19.3. The van der Waals surface area contributed by atoms with E-state index in [9.17, 15) is 19.5 Å². The molecule has 0 bridgehead atoms. The van der Waals surface area contributed by atoms with Crippen molar-refractivity contribution in [2.75, 3.05) is 44.2 Å². The van der Waals surface area contributed by atoms with Crippen molar-refractivity contribution in [3.8, 4) is 17.2 Å². The first kappa shape index (κ1) is 35.7. The number of piperazine rings is 1. The van der Waals surface area contributed by atoms with E-state index in [1.165, 1.54) is 11.1 Å². The van der Waals surface area contributed by atoms with E-state index < -0.39 is 6.04 Å². The molecule has 4 aromatic carbocycles. The molecule has 54 heavy (non-hydrogen) atoms. The van der Waals surface area contributed by atoms with Gasteiger partial charge in [0.1, 0.15) is 29.4 Å². The largest absolute Gasteiger partial charge is 0.508 e. The molecule has 0 aliphatic carbocycles. The van der Waals surface area contributed by atoms with E-state index in [0.717, 1.165) is 80.3 Å². The molecule has 4 aliphatic heterocycles. The molecule has 10 nitrogen and oxygen atoms in total. The highest BCUT2D eigenvalue weighted by Crippen LogP contribution is 2.49. The Kier molecular flexibility index (Phi) is 10.3. The number of aromatic hydroxyl groups is 1. The summed E-state index contributed by atoms with van der Waals surface area (Å²) in [6.07, 6.45) is 3.78. The van der Waals surface area contributed by atoms with Crippen LogP contribution in [0.15, 0.2) is 91.0 Å². The minimum atomic E-state index is -0.592. The van der Waals surface area contributed by atoms with Crippen molar-refractivity contribution in [2.45, 2.75) is 69.6 Å². The summed E-state index contributed by atoms with van der Waals surface area (Å²) in [7, 11) is 0. The molecule has 3 amide bonds. The summed E-state index contributed by atoms with van der Waals surface area (Å²) in [6, 6.07) is 29.9. The van der Waals surface area contributed by atoms with Crippen molar-refractivity contribution in [3.05, 3.63) is 119 Å². The van der Waals surface area contributed by atoms with Gasteiger partial charge < -0.3 is 24.4 Å². The number of carbonyl (C=O) groups excluding carboxylic acids is 3. The zero-order valence-corrected chi connectivity index (χ0v) is 30.8. The van der Waals surface area contributed by atoms with Gasteiger partial charge in [-0.1, -0.05) is 48.5 Å². The number of rotatable bonds is 11. The van der Waals surface area contributed by atoms with Crippen LogP contribution < -0.4 is 19.7 Å². The van der Waals surface area contributed by atoms with Crippen molar-refractivity contribution in [3.63, 3.8) is 0 Å². The number of carbonyl (C=O) groups is 3. The van der Waals surface area contributed by atoms with Gasteiger partial charge in [0, 0.05) is 73.9 Å². The number of piperidine rings is 1. The summed E-state index contributed by atoms with van der Waals surface area (Å²) in [5.41, 5.74) is 6.21. The summed E-state index contributed by atoms with van der Waals surface area (Å²) >= 11 is 0. The molecule has 2 fully saturated rings. The molecular weight excluding hydrogens is 681 g/mol. The molecule has 4 aromatic rings. The fourth-order valence-corrected chi connectivity index (χ4v) is 8.71. The number of nitrogens with zero attached hydrogens (tertiary/aromatic N) is 3. The number of anilines is 1. The molecule has 0 spiro atoms. The quantitative estimate of drug-likeness (QED) is 0.138. The maximum Gasteiger partial charge on any atom is 0.255 e. The predicted molar refractivity (Wildman–Crippen MR) is 206 cm³/mol. The average Bonchev–Trinajstić information content (AvgIpc) is 3.51. The molecular formula is C44H48N4O6. The molecule has 4 aliphatic rings. The third-order valence-corrected chi connectivity index (χ3v) is 11.6. The average molecular weight is 729 g/mol. The summed E-state index contributed by atoms with van der Waals surface area (Å²) in [4.78, 5) is 43.6. The van der Waals surface area contributed by atoms with Gasteiger partial charge in [-0.2, -0.15) is 0 Å². The van der Waals surface area contributed by atoms with Gasteiger partial charge in [-0.25, -0.2) is 0 Å². The van der Waals surface area contributed by atoms with Gasteiger partial charge in [0.15, 0.2) is 0 Å². The normalized spacial score (nSPS) is 22.7. The number of amides is 3.